The molecular formula is C8H17N3O4. The van der Waals surface area contributed by atoms with Gasteiger partial charge in [0.15, 0.2) is 0 Å². The van der Waals surface area contributed by atoms with Gasteiger partial charge >= 0.3 is 0 Å². The zero-order chi connectivity index (χ0) is 11.4. The quantitative estimate of drug-likeness (QED) is 0.217. The number of hydrogen-bond acceptors (Lipinski definition) is 5. The Morgan fingerprint density at radius 3 is 2.53 bits per heavy atom. The molecule has 88 valence electrons. The van der Waals surface area contributed by atoms with Crippen LogP contribution in [0.4, 0.5) is 0 Å². The van der Waals surface area contributed by atoms with Gasteiger partial charge in [-0.25, -0.2) is 0 Å². The van der Waals surface area contributed by atoms with Crippen molar-refractivity contribution in [2.24, 2.45) is 5.29 Å². The molecule has 0 aromatic heterocycles. The first-order valence-electron chi connectivity index (χ1n) is 4.68. The number of rotatable bonds is 11. The van der Waals surface area contributed by atoms with E-state index >= 15 is 0 Å². The number of ether oxygens (including phenoxy) is 2. The van der Waals surface area contributed by atoms with Crippen molar-refractivity contribution in [1.29, 1.82) is 0 Å². The average Bonchev–Trinajstić information content (AvgIpc) is 2.26. The molecule has 0 bridgehead atoms. The Morgan fingerprint density at radius 1 is 1.27 bits per heavy atom. The van der Waals surface area contributed by atoms with Crippen LogP contribution in [0.1, 0.15) is 0 Å². The summed E-state index contributed by atoms with van der Waals surface area (Å²) in [4.78, 5) is 19.8. The summed E-state index contributed by atoms with van der Waals surface area (Å²) < 4.78 is 10.3. The number of nitrogens with zero attached hydrogens (tertiary/aromatic N) is 2. The zero-order valence-corrected chi connectivity index (χ0v) is 8.85. The van der Waals surface area contributed by atoms with Gasteiger partial charge in [0.25, 0.3) is 0 Å². The summed E-state index contributed by atoms with van der Waals surface area (Å²) in [6, 6.07) is 0. The van der Waals surface area contributed by atoms with Crippen molar-refractivity contribution in [2.45, 2.75) is 0 Å². The number of hydrogen-bond donors (Lipinski definition) is 1. The molecule has 0 heterocycles. The second-order valence-electron chi connectivity index (χ2n) is 2.76. The number of amides is 1. The van der Waals surface area contributed by atoms with Crippen molar-refractivity contribution < 1.29 is 14.3 Å². The van der Waals surface area contributed by atoms with Crippen LogP contribution in [-0.4, -0.2) is 58.0 Å². The fourth-order valence-electron chi connectivity index (χ4n) is 0.749. The van der Waals surface area contributed by atoms with E-state index in [1.807, 2.05) is 0 Å². The third-order valence-electron chi connectivity index (χ3n) is 1.54. The largest absolute Gasteiger partial charge is 0.377 e. The van der Waals surface area contributed by atoms with Gasteiger partial charge in [0.2, 0.25) is 6.41 Å². The Hall–Kier alpha value is -1.21. The number of carbonyl (C=O) groups is 1. The van der Waals surface area contributed by atoms with Crippen molar-refractivity contribution >= 4 is 6.41 Å². The van der Waals surface area contributed by atoms with E-state index in [9.17, 15) is 9.70 Å². The molecule has 0 rings (SSSR count). The number of nitroso groups, excluding NO2 is 1. The van der Waals surface area contributed by atoms with E-state index < -0.39 is 0 Å². The van der Waals surface area contributed by atoms with Crippen molar-refractivity contribution in [3.8, 4) is 0 Å². The predicted molar refractivity (Wildman–Crippen MR) is 54.1 cm³/mol. The van der Waals surface area contributed by atoms with Gasteiger partial charge in [-0.15, -0.1) is 4.91 Å². The molecule has 0 spiro atoms. The molecule has 0 saturated heterocycles. The van der Waals surface area contributed by atoms with Crippen molar-refractivity contribution in [3.05, 3.63) is 4.91 Å². The molecule has 0 aliphatic heterocycles. The van der Waals surface area contributed by atoms with Crippen LogP contribution in [0.25, 0.3) is 0 Å². The fourth-order valence-corrected chi connectivity index (χ4v) is 0.749. The van der Waals surface area contributed by atoms with E-state index in [0.29, 0.717) is 45.9 Å². The maximum absolute atomic E-state index is 9.93. The normalized spacial score (nSPS) is 9.67. The Kier molecular flexibility index (Phi) is 9.99. The van der Waals surface area contributed by atoms with Crippen molar-refractivity contribution in [2.75, 3.05) is 46.6 Å². The van der Waals surface area contributed by atoms with Crippen LogP contribution in [0, 0.1) is 4.91 Å². The molecule has 0 aromatic carbocycles. The molecule has 0 unspecified atom stereocenters. The summed E-state index contributed by atoms with van der Waals surface area (Å²) in [6.45, 7) is 2.82. The van der Waals surface area contributed by atoms with Crippen molar-refractivity contribution in [3.63, 3.8) is 0 Å². The Labute approximate surface area is 88.7 Å². The molecule has 7 nitrogen and oxygen atoms in total. The Bertz CT molecular complexity index is 168. The van der Waals surface area contributed by atoms with E-state index in [1.54, 1.807) is 7.05 Å². The summed E-state index contributed by atoms with van der Waals surface area (Å²) in [6.07, 6.45) is 0.627. The van der Waals surface area contributed by atoms with Crippen LogP contribution in [0.3, 0.4) is 0 Å². The van der Waals surface area contributed by atoms with E-state index in [0.717, 1.165) is 0 Å². The molecule has 0 aliphatic rings. The zero-order valence-electron chi connectivity index (χ0n) is 8.85. The predicted octanol–water partition coefficient (Wildman–Crippen LogP) is -0.621. The Morgan fingerprint density at radius 2 is 1.93 bits per heavy atom. The summed E-state index contributed by atoms with van der Waals surface area (Å²) in [5, 5.41) is 6.42. The van der Waals surface area contributed by atoms with Crippen LogP contribution in [-0.2, 0) is 14.3 Å². The molecule has 1 N–H and O–H groups in total. The van der Waals surface area contributed by atoms with Gasteiger partial charge in [-0.3, -0.25) is 9.80 Å². The van der Waals surface area contributed by atoms with Gasteiger partial charge in [0.05, 0.1) is 38.3 Å². The standard InChI is InChI=1S/C8H17N3O4/c1-11(10-13)3-5-15-7-6-14-4-2-9-8-12/h8H,2-7H2,1H3,(H,9,12). The maximum atomic E-state index is 9.93. The number of likely N-dealkylation sites (N-methyl/N-ethyl adjacent to an activating group) is 1. The van der Waals surface area contributed by atoms with Gasteiger partial charge in [-0.05, 0) is 0 Å². The summed E-state index contributed by atoms with van der Waals surface area (Å²) >= 11 is 0. The minimum atomic E-state index is 0.443. The summed E-state index contributed by atoms with van der Waals surface area (Å²) in [5.74, 6) is 0. The molecule has 15 heavy (non-hydrogen) atoms. The van der Waals surface area contributed by atoms with E-state index in [-0.39, 0.29) is 0 Å². The summed E-state index contributed by atoms with van der Waals surface area (Å²) in [7, 11) is 1.58. The molecule has 0 aromatic rings. The molecule has 1 amide bonds. The topological polar surface area (TPSA) is 80.2 Å². The first-order chi connectivity index (χ1) is 7.31. The van der Waals surface area contributed by atoms with E-state index in [2.05, 4.69) is 10.6 Å². The van der Waals surface area contributed by atoms with E-state index in [4.69, 9.17) is 9.47 Å². The fraction of sp³-hybridized carbons (Fsp3) is 0.875. The van der Waals surface area contributed by atoms with E-state index in [1.165, 1.54) is 5.01 Å². The van der Waals surface area contributed by atoms with Crippen molar-refractivity contribution in [1.82, 2.24) is 10.3 Å². The highest BCUT2D eigenvalue weighted by atomic mass is 16.5. The lowest BCUT2D eigenvalue weighted by atomic mass is 10.6. The minimum absolute atomic E-state index is 0.443. The lowest BCUT2D eigenvalue weighted by molar-refractivity contribution is -0.109. The van der Waals surface area contributed by atoms with Gasteiger partial charge in [0.1, 0.15) is 0 Å². The van der Waals surface area contributed by atoms with Crippen LogP contribution in [0.15, 0.2) is 5.29 Å². The smallest absolute Gasteiger partial charge is 0.207 e. The third-order valence-corrected chi connectivity index (χ3v) is 1.54. The highest BCUT2D eigenvalue weighted by Gasteiger charge is 1.94. The van der Waals surface area contributed by atoms with Crippen LogP contribution in [0.2, 0.25) is 0 Å². The first kappa shape index (κ1) is 13.8. The van der Waals surface area contributed by atoms with Gasteiger partial charge < -0.3 is 14.8 Å². The van der Waals surface area contributed by atoms with Crippen LogP contribution in [0.5, 0.6) is 0 Å². The molecule has 7 heteroatoms. The molecular weight excluding hydrogens is 202 g/mol. The molecule has 0 fully saturated rings. The lowest BCUT2D eigenvalue weighted by Gasteiger charge is -2.08. The van der Waals surface area contributed by atoms with Gasteiger partial charge in [-0.1, -0.05) is 0 Å². The highest BCUT2D eigenvalue weighted by molar-refractivity contribution is 5.45. The summed E-state index contributed by atoms with van der Waals surface area (Å²) in [5.41, 5.74) is 0. The third kappa shape index (κ3) is 10.7. The molecule has 0 atom stereocenters. The lowest BCUT2D eigenvalue weighted by Crippen LogP contribution is -2.20. The maximum Gasteiger partial charge on any atom is 0.207 e. The van der Waals surface area contributed by atoms with Crippen LogP contribution < -0.4 is 5.32 Å². The van der Waals surface area contributed by atoms with Crippen LogP contribution >= 0.6 is 0 Å². The first-order valence-corrected chi connectivity index (χ1v) is 4.68. The average molecular weight is 219 g/mol. The molecule has 0 radical (unpaired) electrons. The monoisotopic (exact) mass is 219 g/mol. The SMILES string of the molecule is CN(CCOCCOCCNC=O)N=O. The second kappa shape index (κ2) is 10.9. The van der Waals surface area contributed by atoms with Gasteiger partial charge in [-0.2, -0.15) is 0 Å². The number of carbonyl (C=O) groups excluding carboxylic acids is 1. The Balaban J connectivity index is 2.98. The second-order valence-corrected chi connectivity index (χ2v) is 2.76. The molecule has 0 aliphatic carbocycles. The highest BCUT2D eigenvalue weighted by Crippen LogP contribution is 1.83. The van der Waals surface area contributed by atoms with Gasteiger partial charge in [0, 0.05) is 13.6 Å². The minimum Gasteiger partial charge on any atom is -0.377 e. The number of nitrogens with one attached hydrogen (secondary N) is 1. The molecule has 0 saturated carbocycles.